The van der Waals surface area contributed by atoms with Crippen molar-refractivity contribution in [1.29, 1.82) is 0 Å². The number of aromatic hydroxyl groups is 2. The first kappa shape index (κ1) is 22.9. The van der Waals surface area contributed by atoms with E-state index in [1.165, 1.54) is 37.9 Å². The summed E-state index contributed by atoms with van der Waals surface area (Å²) in [6.45, 7) is 6.34. The van der Waals surface area contributed by atoms with Gasteiger partial charge in [0.25, 0.3) is 0 Å². The minimum atomic E-state index is -0.109. The van der Waals surface area contributed by atoms with Gasteiger partial charge in [-0.3, -0.25) is 4.90 Å². The van der Waals surface area contributed by atoms with Crippen molar-refractivity contribution in [2.24, 2.45) is 0 Å². The van der Waals surface area contributed by atoms with E-state index in [2.05, 4.69) is 24.0 Å². The van der Waals surface area contributed by atoms with Crippen LogP contribution >= 0.6 is 0 Å². The molecule has 0 spiro atoms. The van der Waals surface area contributed by atoms with E-state index in [0.29, 0.717) is 0 Å². The minimum absolute atomic E-state index is 0.0797. The van der Waals surface area contributed by atoms with Crippen LogP contribution in [0.25, 0.3) is 0 Å². The number of phenols is 2. The minimum Gasteiger partial charge on any atom is -0.508 e. The number of hydrogen-bond donors (Lipinski definition) is 2. The molecule has 5 heteroatoms. The molecule has 0 radical (unpaired) electrons. The summed E-state index contributed by atoms with van der Waals surface area (Å²) in [6.07, 6.45) is 9.93. The first-order valence-corrected chi connectivity index (χ1v) is 12.6. The van der Waals surface area contributed by atoms with E-state index in [4.69, 9.17) is 9.47 Å². The van der Waals surface area contributed by atoms with Crippen LogP contribution in [0, 0.1) is 0 Å². The summed E-state index contributed by atoms with van der Waals surface area (Å²) in [5, 5.41) is 19.9. The third-order valence-corrected chi connectivity index (χ3v) is 7.53. The smallest absolute Gasteiger partial charge is 0.127 e. The molecule has 0 saturated carbocycles. The van der Waals surface area contributed by atoms with Gasteiger partial charge >= 0.3 is 0 Å². The number of likely N-dealkylation sites (tertiary alicyclic amines) is 1. The summed E-state index contributed by atoms with van der Waals surface area (Å²) < 4.78 is 12.7. The van der Waals surface area contributed by atoms with Gasteiger partial charge in [0.1, 0.15) is 30.0 Å². The van der Waals surface area contributed by atoms with Gasteiger partial charge in [-0.1, -0.05) is 31.6 Å². The standard InChI is InChI=1S/C29H35NO4/c1-20-26-19-24(32)11-14-27(26)34-29(28(20)21-5-9-23(31)10-6-21)22-7-12-25(13-8-22)33-18-17-30-15-3-2-4-16-30/h5-7,9-12,14,19-20,28-29,31-32H,2-4,8,13,15-18H2,1H3/t20-,28-,29+/m1/s1. The van der Waals surface area contributed by atoms with Gasteiger partial charge in [-0.15, -0.1) is 0 Å². The summed E-state index contributed by atoms with van der Waals surface area (Å²) in [4.78, 5) is 2.50. The second kappa shape index (κ2) is 10.1. The lowest BCUT2D eigenvalue weighted by molar-refractivity contribution is 0.134. The van der Waals surface area contributed by atoms with E-state index in [1.807, 2.05) is 24.3 Å². The van der Waals surface area contributed by atoms with E-state index in [1.54, 1.807) is 18.2 Å². The van der Waals surface area contributed by atoms with Gasteiger partial charge in [0.2, 0.25) is 0 Å². The van der Waals surface area contributed by atoms with Crippen molar-refractivity contribution in [3.63, 3.8) is 0 Å². The molecule has 3 atom stereocenters. The highest BCUT2D eigenvalue weighted by atomic mass is 16.5. The van der Waals surface area contributed by atoms with Crippen molar-refractivity contribution in [3.05, 3.63) is 77.1 Å². The van der Waals surface area contributed by atoms with Gasteiger partial charge < -0.3 is 19.7 Å². The summed E-state index contributed by atoms with van der Waals surface area (Å²) in [7, 11) is 0. The maximum Gasteiger partial charge on any atom is 0.127 e. The van der Waals surface area contributed by atoms with Gasteiger partial charge in [-0.2, -0.15) is 0 Å². The molecule has 1 aliphatic carbocycles. The second-order valence-corrected chi connectivity index (χ2v) is 9.79. The van der Waals surface area contributed by atoms with Gasteiger partial charge in [-0.25, -0.2) is 0 Å². The van der Waals surface area contributed by atoms with Crippen LogP contribution in [-0.4, -0.2) is 47.5 Å². The van der Waals surface area contributed by atoms with Crippen LogP contribution in [0.4, 0.5) is 0 Å². The Labute approximate surface area is 202 Å². The summed E-state index contributed by atoms with van der Waals surface area (Å²) in [5.41, 5.74) is 3.40. The fourth-order valence-electron chi connectivity index (χ4n) is 5.61. The molecule has 2 aliphatic heterocycles. The van der Waals surface area contributed by atoms with Crippen LogP contribution in [0.1, 0.15) is 62.0 Å². The van der Waals surface area contributed by atoms with Gasteiger partial charge in [0.15, 0.2) is 0 Å². The Bertz CT molecular complexity index is 1050. The Kier molecular flexibility index (Phi) is 6.82. The van der Waals surface area contributed by atoms with Crippen molar-refractivity contribution in [2.45, 2.75) is 57.0 Å². The third kappa shape index (κ3) is 4.95. The quantitative estimate of drug-likeness (QED) is 0.565. The maximum absolute atomic E-state index is 10.1. The van der Waals surface area contributed by atoms with Crippen LogP contribution in [-0.2, 0) is 4.74 Å². The fraction of sp³-hybridized carbons (Fsp3) is 0.448. The summed E-state index contributed by atoms with van der Waals surface area (Å²) >= 11 is 0. The average Bonchev–Trinajstić information content (AvgIpc) is 2.86. The number of piperidine rings is 1. The van der Waals surface area contributed by atoms with E-state index in [-0.39, 0.29) is 29.4 Å². The first-order chi connectivity index (χ1) is 16.6. The number of hydrogen-bond acceptors (Lipinski definition) is 5. The fourth-order valence-corrected chi connectivity index (χ4v) is 5.61. The molecule has 3 aliphatic rings. The van der Waals surface area contributed by atoms with Crippen molar-refractivity contribution in [2.75, 3.05) is 26.2 Å². The molecule has 2 heterocycles. The largest absolute Gasteiger partial charge is 0.508 e. The molecule has 0 unspecified atom stereocenters. The van der Waals surface area contributed by atoms with Crippen molar-refractivity contribution < 1.29 is 19.7 Å². The number of rotatable bonds is 6. The summed E-state index contributed by atoms with van der Waals surface area (Å²) in [5.74, 6) is 2.63. The van der Waals surface area contributed by atoms with Crippen LogP contribution < -0.4 is 4.74 Å². The first-order valence-electron chi connectivity index (χ1n) is 12.6. The van der Waals surface area contributed by atoms with E-state index in [9.17, 15) is 10.2 Å². The van der Waals surface area contributed by atoms with Gasteiger partial charge in [0.05, 0.1) is 5.76 Å². The van der Waals surface area contributed by atoms with Crippen molar-refractivity contribution >= 4 is 0 Å². The van der Waals surface area contributed by atoms with E-state index < -0.39 is 0 Å². The Morgan fingerprint density at radius 2 is 1.71 bits per heavy atom. The van der Waals surface area contributed by atoms with Crippen LogP contribution in [0.5, 0.6) is 17.2 Å². The molecule has 5 nitrogen and oxygen atoms in total. The predicted molar refractivity (Wildman–Crippen MR) is 133 cm³/mol. The number of fused-ring (bicyclic) bond motifs is 1. The molecule has 5 rings (SSSR count). The molecule has 2 aromatic carbocycles. The third-order valence-electron chi connectivity index (χ3n) is 7.53. The highest BCUT2D eigenvalue weighted by Crippen LogP contribution is 2.49. The van der Waals surface area contributed by atoms with E-state index in [0.717, 1.165) is 48.6 Å². The Hall–Kier alpha value is -2.92. The number of phenolic OH excluding ortho intramolecular Hbond substituents is 2. The Morgan fingerprint density at radius 3 is 2.44 bits per heavy atom. The molecule has 1 fully saturated rings. The summed E-state index contributed by atoms with van der Waals surface area (Å²) in [6, 6.07) is 12.8. The normalized spacial score (nSPS) is 25.0. The zero-order valence-electron chi connectivity index (χ0n) is 20.0. The molecular weight excluding hydrogens is 426 g/mol. The lowest BCUT2D eigenvalue weighted by Crippen LogP contribution is -2.35. The second-order valence-electron chi connectivity index (χ2n) is 9.79. The van der Waals surface area contributed by atoms with Crippen LogP contribution in [0.15, 0.2) is 65.9 Å². The monoisotopic (exact) mass is 461 g/mol. The highest BCUT2D eigenvalue weighted by molar-refractivity contribution is 5.48. The maximum atomic E-state index is 10.1. The zero-order chi connectivity index (χ0) is 23.5. The Balaban J connectivity index is 1.34. The Morgan fingerprint density at radius 1 is 0.941 bits per heavy atom. The van der Waals surface area contributed by atoms with Crippen molar-refractivity contribution in [1.82, 2.24) is 4.90 Å². The number of benzene rings is 2. The van der Waals surface area contributed by atoms with E-state index >= 15 is 0 Å². The lowest BCUT2D eigenvalue weighted by Gasteiger charge is -2.40. The molecule has 2 N–H and O–H groups in total. The molecule has 180 valence electrons. The molecule has 0 aromatic heterocycles. The van der Waals surface area contributed by atoms with Gasteiger partial charge in [0, 0.05) is 24.4 Å². The van der Waals surface area contributed by atoms with Crippen molar-refractivity contribution in [3.8, 4) is 17.2 Å². The predicted octanol–water partition coefficient (Wildman–Crippen LogP) is 5.85. The molecule has 1 saturated heterocycles. The number of ether oxygens (including phenoxy) is 2. The molecule has 34 heavy (non-hydrogen) atoms. The zero-order valence-corrected chi connectivity index (χ0v) is 20.0. The lowest BCUT2D eigenvalue weighted by atomic mass is 9.73. The van der Waals surface area contributed by atoms with Gasteiger partial charge in [-0.05, 0) is 85.8 Å². The highest BCUT2D eigenvalue weighted by Gasteiger charge is 2.39. The average molecular weight is 462 g/mol. The molecule has 2 aromatic rings. The number of nitrogens with zero attached hydrogens (tertiary/aromatic N) is 1. The van der Waals surface area contributed by atoms with Crippen LogP contribution in [0.2, 0.25) is 0 Å². The molecular formula is C29H35NO4. The SMILES string of the molecule is C[C@@H]1c2cc(O)ccc2O[C@@H](C2=CC=C(OCCN3CCCCC3)CC2)[C@H]1c1ccc(O)cc1. The molecule has 0 bridgehead atoms. The topological polar surface area (TPSA) is 62.2 Å². The van der Waals surface area contributed by atoms with Crippen LogP contribution in [0.3, 0.4) is 0 Å². The molecule has 0 amide bonds. The number of allylic oxidation sites excluding steroid dienone is 3.